The lowest BCUT2D eigenvalue weighted by Crippen LogP contribution is -2.51. The molecule has 4 N–H and O–H groups in total. The van der Waals surface area contributed by atoms with Crippen molar-refractivity contribution in [2.45, 2.75) is 123 Å². The van der Waals surface area contributed by atoms with Gasteiger partial charge in [0.1, 0.15) is 12.4 Å². The van der Waals surface area contributed by atoms with E-state index in [4.69, 9.17) is 18.9 Å². The predicted molar refractivity (Wildman–Crippen MR) is 184 cm³/mol. The molecule has 13 heteroatoms. The summed E-state index contributed by atoms with van der Waals surface area (Å²) >= 11 is 0. The summed E-state index contributed by atoms with van der Waals surface area (Å²) in [5.74, 6) is 0.108. The highest BCUT2D eigenvalue weighted by atomic mass is 16.7. The highest BCUT2D eigenvalue weighted by molar-refractivity contribution is 5.95. The second-order valence-corrected chi connectivity index (χ2v) is 13.2. The molecule has 13 nitrogen and oxygen atoms in total. The van der Waals surface area contributed by atoms with Crippen molar-refractivity contribution in [1.29, 1.82) is 0 Å². The summed E-state index contributed by atoms with van der Waals surface area (Å²) in [6.45, 7) is 11.5. The predicted octanol–water partition coefficient (Wildman–Crippen LogP) is 3.75. The van der Waals surface area contributed by atoms with Gasteiger partial charge < -0.3 is 49.6 Å². The molecule has 274 valence electrons. The van der Waals surface area contributed by atoms with Gasteiger partial charge in [0, 0.05) is 46.5 Å². The van der Waals surface area contributed by atoms with E-state index in [1.807, 2.05) is 27.8 Å². The van der Waals surface area contributed by atoms with Crippen LogP contribution in [0.25, 0.3) is 0 Å². The minimum atomic E-state index is -0.869. The maximum atomic E-state index is 13.6. The topological polar surface area (TPSA) is 159 Å². The molecule has 2 rings (SSSR count). The number of likely N-dealkylation sites (N-methyl/N-ethyl adjacent to an activating group) is 2. The SMILES string of the molecule is CCC(C)C(C(CC)OC)N(C)C(=O)CC(C(C)C)N(C)C(=O)OCc1ccc(NC(=O)[C@H](C)NC)c(OC2CC(O)CC(CO)O2)c1. The number of methoxy groups -OCH3 is 1. The van der Waals surface area contributed by atoms with Crippen molar-refractivity contribution >= 4 is 23.6 Å². The number of ether oxygens (including phenoxy) is 4. The Labute approximate surface area is 286 Å². The van der Waals surface area contributed by atoms with Crippen molar-refractivity contribution in [2.24, 2.45) is 11.8 Å². The molecule has 1 aromatic rings. The molecule has 0 bridgehead atoms. The number of aliphatic hydroxyl groups excluding tert-OH is 2. The molecule has 0 aromatic heterocycles. The zero-order valence-electron chi connectivity index (χ0n) is 30.5. The quantitative estimate of drug-likeness (QED) is 0.180. The smallest absolute Gasteiger partial charge is 0.410 e. The summed E-state index contributed by atoms with van der Waals surface area (Å²) in [5, 5.41) is 25.6. The number of amides is 3. The van der Waals surface area contributed by atoms with Crippen molar-refractivity contribution in [3.05, 3.63) is 23.8 Å². The first-order chi connectivity index (χ1) is 22.7. The fraction of sp³-hybridized carbons (Fsp3) is 0.743. The van der Waals surface area contributed by atoms with E-state index in [1.54, 1.807) is 51.2 Å². The number of nitrogens with one attached hydrogen (secondary N) is 2. The third-order valence-electron chi connectivity index (χ3n) is 9.39. The Morgan fingerprint density at radius 3 is 2.31 bits per heavy atom. The molecule has 0 radical (unpaired) electrons. The van der Waals surface area contributed by atoms with Crippen LogP contribution in [-0.2, 0) is 30.4 Å². The lowest BCUT2D eigenvalue weighted by atomic mass is 9.90. The molecule has 1 fully saturated rings. The van der Waals surface area contributed by atoms with Crippen LogP contribution in [-0.4, -0.2) is 116 Å². The van der Waals surface area contributed by atoms with Gasteiger partial charge in [-0.05, 0) is 49.9 Å². The fourth-order valence-corrected chi connectivity index (χ4v) is 5.99. The Morgan fingerprint density at radius 1 is 1.06 bits per heavy atom. The first kappa shape index (κ1) is 41.2. The van der Waals surface area contributed by atoms with Gasteiger partial charge in [-0.25, -0.2) is 4.79 Å². The number of carbonyl (C=O) groups excluding carboxylic acids is 3. The fourth-order valence-electron chi connectivity index (χ4n) is 5.99. The van der Waals surface area contributed by atoms with Crippen molar-refractivity contribution in [2.75, 3.05) is 40.2 Å². The molecule has 0 spiro atoms. The summed E-state index contributed by atoms with van der Waals surface area (Å²) in [7, 11) is 6.79. The van der Waals surface area contributed by atoms with E-state index in [-0.39, 0.29) is 74.0 Å². The van der Waals surface area contributed by atoms with E-state index in [9.17, 15) is 24.6 Å². The van der Waals surface area contributed by atoms with Gasteiger partial charge in [-0.2, -0.15) is 0 Å². The van der Waals surface area contributed by atoms with Gasteiger partial charge in [0.2, 0.25) is 18.1 Å². The van der Waals surface area contributed by atoms with Gasteiger partial charge in [-0.3, -0.25) is 9.59 Å². The minimum Gasteiger partial charge on any atom is -0.463 e. The van der Waals surface area contributed by atoms with Crippen LogP contribution < -0.4 is 15.4 Å². The summed E-state index contributed by atoms with van der Waals surface area (Å²) < 4.78 is 23.3. The van der Waals surface area contributed by atoms with Crippen LogP contribution in [0.2, 0.25) is 0 Å². The molecular weight excluding hydrogens is 620 g/mol. The Bertz CT molecular complexity index is 1160. The maximum absolute atomic E-state index is 13.6. The molecule has 0 saturated carbocycles. The number of rotatable bonds is 18. The number of carbonyl (C=O) groups is 3. The molecule has 1 saturated heterocycles. The highest BCUT2D eigenvalue weighted by Gasteiger charge is 2.35. The van der Waals surface area contributed by atoms with E-state index < -0.39 is 36.7 Å². The first-order valence-electron chi connectivity index (χ1n) is 17.1. The van der Waals surface area contributed by atoms with E-state index in [0.717, 1.165) is 12.8 Å². The molecule has 7 unspecified atom stereocenters. The maximum Gasteiger partial charge on any atom is 0.410 e. The Balaban J connectivity index is 2.21. The van der Waals surface area contributed by atoms with Gasteiger partial charge in [-0.1, -0.05) is 47.1 Å². The number of nitrogens with zero attached hydrogens (tertiary/aromatic N) is 2. The summed E-state index contributed by atoms with van der Waals surface area (Å²) in [5.41, 5.74) is 0.954. The van der Waals surface area contributed by atoms with Crippen LogP contribution in [0.15, 0.2) is 18.2 Å². The van der Waals surface area contributed by atoms with Gasteiger partial charge in [0.05, 0.1) is 42.7 Å². The molecule has 1 aliphatic heterocycles. The van der Waals surface area contributed by atoms with Crippen LogP contribution in [0, 0.1) is 11.8 Å². The highest BCUT2D eigenvalue weighted by Crippen LogP contribution is 2.31. The van der Waals surface area contributed by atoms with Crippen LogP contribution in [0.5, 0.6) is 5.75 Å². The van der Waals surface area contributed by atoms with Crippen molar-refractivity contribution in [3.63, 3.8) is 0 Å². The van der Waals surface area contributed by atoms with E-state index in [1.165, 1.54) is 4.90 Å². The average Bonchev–Trinajstić information content (AvgIpc) is 3.07. The monoisotopic (exact) mass is 680 g/mol. The number of aliphatic hydroxyl groups is 2. The molecular formula is C35H60N4O9. The molecule has 1 aliphatic rings. The Morgan fingerprint density at radius 2 is 1.75 bits per heavy atom. The number of benzene rings is 1. The third-order valence-corrected chi connectivity index (χ3v) is 9.39. The summed E-state index contributed by atoms with van der Waals surface area (Å²) in [4.78, 5) is 42.8. The Kier molecular flexibility index (Phi) is 17.1. The molecule has 1 heterocycles. The number of hydrogen-bond acceptors (Lipinski definition) is 10. The van der Waals surface area contributed by atoms with E-state index >= 15 is 0 Å². The second-order valence-electron chi connectivity index (χ2n) is 13.2. The standard InChI is InChI=1S/C35H60N4O9/c1-11-22(5)33(29(12-2)45-10)39(9)31(42)18-28(21(3)4)38(8)35(44)46-20-24-13-14-27(37-34(43)23(6)36-7)30(15-24)48-32-17-25(41)16-26(19-40)47-32/h13-15,21-23,25-26,28-29,32-33,36,40-41H,11-12,16-20H2,1-10H3,(H,37,43)/t22?,23-,25?,26?,28?,29?,32?,33?/m0/s1. The van der Waals surface area contributed by atoms with Gasteiger partial charge in [-0.15, -0.1) is 0 Å². The van der Waals surface area contributed by atoms with Crippen molar-refractivity contribution in [3.8, 4) is 5.75 Å². The summed E-state index contributed by atoms with van der Waals surface area (Å²) in [6, 6.07) is 4.01. The third kappa shape index (κ3) is 11.6. The van der Waals surface area contributed by atoms with Gasteiger partial charge in [0.15, 0.2) is 0 Å². The normalized spacial score (nSPS) is 21.1. The minimum absolute atomic E-state index is 0.0252. The zero-order valence-corrected chi connectivity index (χ0v) is 30.5. The van der Waals surface area contributed by atoms with Gasteiger partial charge >= 0.3 is 6.09 Å². The molecule has 0 aliphatic carbocycles. The molecule has 1 aromatic carbocycles. The van der Waals surface area contributed by atoms with Crippen LogP contribution in [0.4, 0.5) is 10.5 Å². The number of hydrogen-bond donors (Lipinski definition) is 4. The summed E-state index contributed by atoms with van der Waals surface area (Å²) in [6.07, 6.45) is -0.599. The van der Waals surface area contributed by atoms with E-state index in [2.05, 4.69) is 24.5 Å². The largest absolute Gasteiger partial charge is 0.463 e. The average molecular weight is 681 g/mol. The zero-order chi connectivity index (χ0) is 36.1. The number of anilines is 1. The first-order valence-corrected chi connectivity index (χ1v) is 17.1. The van der Waals surface area contributed by atoms with Gasteiger partial charge in [0.25, 0.3) is 0 Å². The lowest BCUT2D eigenvalue weighted by molar-refractivity contribution is -0.184. The van der Waals surface area contributed by atoms with Crippen LogP contribution in [0.1, 0.15) is 79.2 Å². The lowest BCUT2D eigenvalue weighted by Gasteiger charge is -2.39. The molecule has 8 atom stereocenters. The van der Waals surface area contributed by atoms with Crippen molar-refractivity contribution < 1.29 is 43.5 Å². The second kappa shape index (κ2) is 19.9. The van der Waals surface area contributed by atoms with Crippen molar-refractivity contribution in [1.82, 2.24) is 15.1 Å². The molecule has 48 heavy (non-hydrogen) atoms. The van der Waals surface area contributed by atoms with Crippen LogP contribution in [0.3, 0.4) is 0 Å². The Hall–Kier alpha value is -2.97. The van der Waals surface area contributed by atoms with Crippen LogP contribution >= 0.6 is 0 Å². The van der Waals surface area contributed by atoms with E-state index in [0.29, 0.717) is 11.3 Å². The molecule has 3 amide bonds.